The highest BCUT2D eigenvalue weighted by Crippen LogP contribution is 2.25. The number of hydrogen-bond acceptors (Lipinski definition) is 2. The van der Waals surface area contributed by atoms with Gasteiger partial charge in [-0.1, -0.05) is 36.4 Å². The second-order valence-electron chi connectivity index (χ2n) is 4.98. The van der Waals surface area contributed by atoms with Gasteiger partial charge in [0.1, 0.15) is 0 Å². The molecule has 106 valence electrons. The van der Waals surface area contributed by atoms with Crippen molar-refractivity contribution in [2.75, 3.05) is 20.1 Å². The van der Waals surface area contributed by atoms with Crippen molar-refractivity contribution in [1.82, 2.24) is 4.90 Å². The minimum atomic E-state index is -0.784. The Balaban J connectivity index is 2.03. The van der Waals surface area contributed by atoms with Gasteiger partial charge in [-0.25, -0.2) is 0 Å². The van der Waals surface area contributed by atoms with E-state index in [2.05, 4.69) is 24.3 Å². The van der Waals surface area contributed by atoms with E-state index in [9.17, 15) is 4.79 Å². The zero-order chi connectivity index (χ0) is 14.5. The van der Waals surface area contributed by atoms with E-state index in [4.69, 9.17) is 16.7 Å². The van der Waals surface area contributed by atoms with Gasteiger partial charge in [-0.2, -0.15) is 0 Å². The summed E-state index contributed by atoms with van der Waals surface area (Å²) in [5, 5.41) is 10.9. The van der Waals surface area contributed by atoms with E-state index in [1.54, 1.807) is 0 Å². The molecule has 0 aromatic heterocycles. The minimum Gasteiger partial charge on any atom is -0.481 e. The number of carboxylic acids is 1. The Kier molecular flexibility index (Phi) is 4.99. The van der Waals surface area contributed by atoms with Crippen molar-refractivity contribution in [3.05, 3.63) is 48.0 Å². The average molecular weight is 292 g/mol. The first-order chi connectivity index (χ1) is 9.56. The van der Waals surface area contributed by atoms with E-state index in [1.165, 1.54) is 10.8 Å². The molecule has 4 heteroatoms. The molecule has 20 heavy (non-hydrogen) atoms. The van der Waals surface area contributed by atoms with Crippen LogP contribution in [0.1, 0.15) is 17.4 Å². The fraction of sp³-hybridized carbons (Fsp3) is 0.312. The second-order valence-corrected chi connectivity index (χ2v) is 5.51. The molecule has 1 N–H and O–H groups in total. The zero-order valence-electron chi connectivity index (χ0n) is 11.4. The Labute approximate surface area is 123 Å². The molecule has 3 nitrogen and oxygen atoms in total. The van der Waals surface area contributed by atoms with Gasteiger partial charge in [0.15, 0.2) is 0 Å². The van der Waals surface area contributed by atoms with Gasteiger partial charge in [0, 0.05) is 13.1 Å². The number of nitrogens with zero attached hydrogens (tertiary/aromatic N) is 1. The predicted octanol–water partition coefficient (Wildman–Crippen LogP) is 3.53. The number of carbonyl (C=O) groups is 1. The molecule has 0 fully saturated rings. The summed E-state index contributed by atoms with van der Waals surface area (Å²) in [5.41, 5.74) is 1.06. The SMILES string of the molecule is CN(CCC(=O)O)CC(Cl)c1ccc2ccccc2c1. The van der Waals surface area contributed by atoms with E-state index in [1.807, 2.05) is 30.1 Å². The van der Waals surface area contributed by atoms with Gasteiger partial charge in [-0.05, 0) is 29.4 Å². The molecule has 2 aromatic carbocycles. The van der Waals surface area contributed by atoms with Crippen LogP contribution in [0.2, 0.25) is 0 Å². The number of likely N-dealkylation sites (N-methyl/N-ethyl adjacent to an activating group) is 1. The van der Waals surface area contributed by atoms with Crippen molar-refractivity contribution >= 4 is 28.3 Å². The molecule has 0 saturated heterocycles. The lowest BCUT2D eigenvalue weighted by Gasteiger charge is -2.19. The Bertz CT molecular complexity index is 600. The van der Waals surface area contributed by atoms with Gasteiger partial charge in [0.05, 0.1) is 11.8 Å². The maximum Gasteiger partial charge on any atom is 0.304 e. The fourth-order valence-electron chi connectivity index (χ4n) is 2.16. The van der Waals surface area contributed by atoms with Gasteiger partial charge in [-0.15, -0.1) is 11.6 Å². The maximum atomic E-state index is 10.5. The maximum absolute atomic E-state index is 10.5. The van der Waals surface area contributed by atoms with Crippen molar-refractivity contribution in [1.29, 1.82) is 0 Å². The van der Waals surface area contributed by atoms with Crippen LogP contribution in [0.25, 0.3) is 10.8 Å². The number of benzene rings is 2. The molecule has 0 bridgehead atoms. The molecule has 0 aliphatic rings. The van der Waals surface area contributed by atoms with Crippen LogP contribution >= 0.6 is 11.6 Å². The number of rotatable bonds is 6. The monoisotopic (exact) mass is 291 g/mol. The molecule has 0 amide bonds. The molecule has 0 spiro atoms. The quantitative estimate of drug-likeness (QED) is 0.828. The van der Waals surface area contributed by atoms with Crippen LogP contribution in [-0.2, 0) is 4.79 Å². The molecule has 0 aliphatic heterocycles. The van der Waals surface area contributed by atoms with Crippen LogP contribution in [0.3, 0.4) is 0 Å². The van der Waals surface area contributed by atoms with Crippen molar-refractivity contribution in [3.63, 3.8) is 0 Å². The highest BCUT2D eigenvalue weighted by atomic mass is 35.5. The predicted molar refractivity (Wildman–Crippen MR) is 82.3 cm³/mol. The molecule has 0 radical (unpaired) electrons. The molecular formula is C16H18ClNO2. The molecule has 0 aliphatic carbocycles. The fourth-order valence-corrected chi connectivity index (χ4v) is 2.53. The normalized spacial score (nSPS) is 12.8. The third-order valence-corrected chi connectivity index (χ3v) is 3.70. The Morgan fingerprint density at radius 2 is 1.95 bits per heavy atom. The highest BCUT2D eigenvalue weighted by Gasteiger charge is 2.12. The molecule has 2 rings (SSSR count). The van der Waals surface area contributed by atoms with Gasteiger partial charge >= 0.3 is 5.97 Å². The number of halogens is 1. The largest absolute Gasteiger partial charge is 0.481 e. The highest BCUT2D eigenvalue weighted by molar-refractivity contribution is 6.21. The Hall–Kier alpha value is -1.58. The topological polar surface area (TPSA) is 40.5 Å². The lowest BCUT2D eigenvalue weighted by atomic mass is 10.0. The molecule has 1 atom stereocenters. The molecule has 2 aromatic rings. The van der Waals surface area contributed by atoms with Crippen molar-refractivity contribution in [3.8, 4) is 0 Å². The van der Waals surface area contributed by atoms with Crippen LogP contribution < -0.4 is 0 Å². The summed E-state index contributed by atoms with van der Waals surface area (Å²) in [7, 11) is 1.89. The van der Waals surface area contributed by atoms with Crippen molar-refractivity contribution in [2.24, 2.45) is 0 Å². The van der Waals surface area contributed by atoms with E-state index in [0.29, 0.717) is 13.1 Å². The van der Waals surface area contributed by atoms with E-state index >= 15 is 0 Å². The van der Waals surface area contributed by atoms with E-state index in [0.717, 1.165) is 5.56 Å². The van der Waals surface area contributed by atoms with E-state index < -0.39 is 5.97 Å². The van der Waals surface area contributed by atoms with Crippen LogP contribution in [0.5, 0.6) is 0 Å². The molecule has 1 unspecified atom stereocenters. The standard InChI is InChI=1S/C16H18ClNO2/c1-18(9-8-16(19)20)11-15(17)14-7-6-12-4-2-3-5-13(12)10-14/h2-7,10,15H,8-9,11H2,1H3,(H,19,20). The van der Waals surface area contributed by atoms with E-state index in [-0.39, 0.29) is 11.8 Å². The number of hydrogen-bond donors (Lipinski definition) is 1. The first-order valence-corrected chi connectivity index (χ1v) is 7.03. The minimum absolute atomic E-state index is 0.137. The lowest BCUT2D eigenvalue weighted by Crippen LogP contribution is -2.25. The molecule has 0 heterocycles. The third kappa shape index (κ3) is 3.95. The van der Waals surface area contributed by atoms with Gasteiger partial charge in [0.2, 0.25) is 0 Å². The number of carboxylic acid groups (broad SMARTS) is 1. The summed E-state index contributed by atoms with van der Waals surface area (Å²) in [6, 6.07) is 14.4. The van der Waals surface area contributed by atoms with Crippen LogP contribution in [0, 0.1) is 0 Å². The smallest absolute Gasteiger partial charge is 0.304 e. The molecular weight excluding hydrogens is 274 g/mol. The summed E-state index contributed by atoms with van der Waals surface area (Å²) in [5.74, 6) is -0.784. The van der Waals surface area contributed by atoms with Gasteiger partial charge in [0.25, 0.3) is 0 Å². The number of fused-ring (bicyclic) bond motifs is 1. The first kappa shape index (κ1) is 14.8. The second kappa shape index (κ2) is 6.73. The summed E-state index contributed by atoms with van der Waals surface area (Å²) >= 11 is 6.43. The summed E-state index contributed by atoms with van der Waals surface area (Å²) in [4.78, 5) is 12.5. The summed E-state index contributed by atoms with van der Waals surface area (Å²) < 4.78 is 0. The van der Waals surface area contributed by atoms with Crippen LogP contribution in [0.4, 0.5) is 0 Å². The van der Waals surface area contributed by atoms with Gasteiger partial charge < -0.3 is 10.0 Å². The zero-order valence-corrected chi connectivity index (χ0v) is 12.2. The number of alkyl halides is 1. The Morgan fingerprint density at radius 3 is 2.65 bits per heavy atom. The van der Waals surface area contributed by atoms with Crippen molar-refractivity contribution in [2.45, 2.75) is 11.8 Å². The Morgan fingerprint density at radius 1 is 1.25 bits per heavy atom. The van der Waals surface area contributed by atoms with Crippen LogP contribution in [0.15, 0.2) is 42.5 Å². The summed E-state index contributed by atoms with van der Waals surface area (Å²) in [6.45, 7) is 1.14. The average Bonchev–Trinajstić information content (AvgIpc) is 2.44. The van der Waals surface area contributed by atoms with Crippen molar-refractivity contribution < 1.29 is 9.90 Å². The first-order valence-electron chi connectivity index (χ1n) is 6.59. The lowest BCUT2D eigenvalue weighted by molar-refractivity contribution is -0.137. The van der Waals surface area contributed by atoms with Crippen LogP contribution in [-0.4, -0.2) is 36.1 Å². The third-order valence-electron chi connectivity index (χ3n) is 3.31. The molecule has 0 saturated carbocycles. The summed E-state index contributed by atoms with van der Waals surface area (Å²) in [6.07, 6.45) is 0.137. The van der Waals surface area contributed by atoms with Gasteiger partial charge in [-0.3, -0.25) is 4.79 Å². The number of aliphatic carboxylic acids is 1.